The van der Waals surface area contributed by atoms with Gasteiger partial charge in [-0.05, 0) is 48.9 Å². The molecule has 0 spiro atoms. The summed E-state index contributed by atoms with van der Waals surface area (Å²) in [6.45, 7) is 4.00. The molecule has 2 N–H and O–H groups in total. The van der Waals surface area contributed by atoms with E-state index in [1.807, 2.05) is 31.2 Å². The third-order valence-corrected chi connectivity index (χ3v) is 5.47. The summed E-state index contributed by atoms with van der Waals surface area (Å²) in [5.41, 5.74) is 2.36. The fraction of sp³-hybridized carbons (Fsp3) is 0.240. The molecule has 2 aromatic carbocycles. The van der Waals surface area contributed by atoms with Crippen molar-refractivity contribution in [2.45, 2.75) is 32.9 Å². The molecule has 9 nitrogen and oxygen atoms in total. The standard InChI is InChI=1S/C25H25ClN6O3/c1-3-22(33)31-21-13-28-25(32(24(21)34)15-17-4-6-18(26)7-5-17)30-19-8-10-20(11-9-19)35-23-14-27-12-16(2)29-23/h4-12,14,21H,3,13,15H2,1-2H3,(H,28,30)(H,31,33). The molecule has 180 valence electrons. The molecular weight excluding hydrogens is 468 g/mol. The van der Waals surface area contributed by atoms with Crippen molar-refractivity contribution < 1.29 is 14.3 Å². The minimum atomic E-state index is -0.716. The lowest BCUT2D eigenvalue weighted by atomic mass is 10.1. The van der Waals surface area contributed by atoms with E-state index in [9.17, 15) is 9.59 Å². The van der Waals surface area contributed by atoms with Gasteiger partial charge in [0, 0.05) is 23.3 Å². The van der Waals surface area contributed by atoms with E-state index in [2.05, 4.69) is 25.6 Å². The van der Waals surface area contributed by atoms with Crippen LogP contribution in [-0.4, -0.2) is 45.2 Å². The number of guanidine groups is 1. The smallest absolute Gasteiger partial charge is 0.254 e. The molecule has 2 heterocycles. The van der Waals surface area contributed by atoms with Crippen LogP contribution < -0.4 is 15.4 Å². The summed E-state index contributed by atoms with van der Waals surface area (Å²) >= 11 is 6.01. The van der Waals surface area contributed by atoms with E-state index in [-0.39, 0.29) is 24.9 Å². The number of benzene rings is 2. The van der Waals surface area contributed by atoms with Crippen LogP contribution in [-0.2, 0) is 16.1 Å². The average Bonchev–Trinajstić information content (AvgIpc) is 2.85. The second kappa shape index (κ2) is 11.0. The monoisotopic (exact) mass is 492 g/mol. The molecule has 0 saturated heterocycles. The van der Waals surface area contributed by atoms with Crippen LogP contribution in [0.5, 0.6) is 11.6 Å². The normalized spacial score (nSPS) is 15.4. The number of nitrogens with one attached hydrogen (secondary N) is 2. The Kier molecular flexibility index (Phi) is 7.57. The first-order valence-corrected chi connectivity index (χ1v) is 11.5. The summed E-state index contributed by atoms with van der Waals surface area (Å²) < 4.78 is 5.75. The van der Waals surface area contributed by atoms with Crippen LogP contribution in [0.1, 0.15) is 24.6 Å². The Morgan fingerprint density at radius 3 is 2.57 bits per heavy atom. The molecule has 1 aliphatic heterocycles. The minimum absolute atomic E-state index is 0.150. The second-order valence-corrected chi connectivity index (χ2v) is 8.38. The molecule has 2 amide bonds. The highest BCUT2D eigenvalue weighted by Gasteiger charge is 2.33. The van der Waals surface area contributed by atoms with Gasteiger partial charge in [-0.2, -0.15) is 0 Å². The third kappa shape index (κ3) is 6.33. The van der Waals surface area contributed by atoms with Crippen LogP contribution in [0.3, 0.4) is 0 Å². The Bertz CT molecular complexity index is 1230. The first kappa shape index (κ1) is 24.2. The van der Waals surface area contributed by atoms with E-state index in [0.717, 1.165) is 16.9 Å². The van der Waals surface area contributed by atoms with E-state index in [1.165, 1.54) is 4.90 Å². The number of ether oxygens (including phenoxy) is 1. The molecular formula is C25H25ClN6O3. The quantitative estimate of drug-likeness (QED) is 0.517. The topological polar surface area (TPSA) is 109 Å². The minimum Gasteiger partial charge on any atom is -0.437 e. The second-order valence-electron chi connectivity index (χ2n) is 7.94. The third-order valence-electron chi connectivity index (χ3n) is 5.22. The molecule has 3 aromatic rings. The van der Waals surface area contributed by atoms with Crippen molar-refractivity contribution in [1.29, 1.82) is 0 Å². The Morgan fingerprint density at radius 1 is 1.14 bits per heavy atom. The van der Waals surface area contributed by atoms with Crippen molar-refractivity contribution in [1.82, 2.24) is 20.2 Å². The van der Waals surface area contributed by atoms with Crippen LogP contribution in [0.15, 0.2) is 65.9 Å². The number of anilines is 1. The van der Waals surface area contributed by atoms with Gasteiger partial charge >= 0.3 is 0 Å². The maximum absolute atomic E-state index is 13.3. The van der Waals surface area contributed by atoms with Crippen molar-refractivity contribution in [2.24, 2.45) is 4.99 Å². The van der Waals surface area contributed by atoms with E-state index >= 15 is 0 Å². The SMILES string of the molecule is CCC(=O)NC1CN=C(Nc2ccc(Oc3cncc(C)n3)cc2)N(Cc2ccc(Cl)cc2)C1=O. The van der Waals surface area contributed by atoms with Crippen LogP contribution in [0, 0.1) is 6.92 Å². The van der Waals surface area contributed by atoms with Crippen molar-refractivity contribution in [3.8, 4) is 11.6 Å². The number of aryl methyl sites for hydroxylation is 1. The number of carbonyl (C=O) groups is 2. The average molecular weight is 493 g/mol. The number of hydrogen-bond donors (Lipinski definition) is 2. The number of rotatable bonds is 7. The first-order chi connectivity index (χ1) is 16.9. The zero-order chi connectivity index (χ0) is 24.8. The molecule has 0 aliphatic carbocycles. The number of nitrogens with zero attached hydrogens (tertiary/aromatic N) is 4. The molecule has 4 rings (SSSR count). The van der Waals surface area contributed by atoms with Crippen LogP contribution in [0.25, 0.3) is 0 Å². The maximum atomic E-state index is 13.3. The summed E-state index contributed by atoms with van der Waals surface area (Å²) in [7, 11) is 0. The summed E-state index contributed by atoms with van der Waals surface area (Å²) in [6, 6.07) is 13.7. The predicted molar refractivity (Wildman–Crippen MR) is 133 cm³/mol. The molecule has 10 heteroatoms. The van der Waals surface area contributed by atoms with Crippen LogP contribution in [0.4, 0.5) is 5.69 Å². The molecule has 0 fully saturated rings. The summed E-state index contributed by atoms with van der Waals surface area (Å²) in [6.07, 6.45) is 3.49. The van der Waals surface area contributed by atoms with Crippen molar-refractivity contribution in [2.75, 3.05) is 11.9 Å². The first-order valence-electron chi connectivity index (χ1n) is 11.1. The molecule has 1 atom stereocenters. The zero-order valence-electron chi connectivity index (χ0n) is 19.4. The lowest BCUT2D eigenvalue weighted by Gasteiger charge is -2.32. The zero-order valence-corrected chi connectivity index (χ0v) is 20.1. The Hall–Kier alpha value is -3.98. The van der Waals surface area contributed by atoms with Gasteiger partial charge in [0.2, 0.25) is 17.7 Å². The van der Waals surface area contributed by atoms with Gasteiger partial charge in [0.05, 0.1) is 25.0 Å². The van der Waals surface area contributed by atoms with Gasteiger partial charge in [-0.1, -0.05) is 30.7 Å². The number of carbonyl (C=O) groups excluding carboxylic acids is 2. The molecule has 35 heavy (non-hydrogen) atoms. The summed E-state index contributed by atoms with van der Waals surface area (Å²) in [4.78, 5) is 39.6. The lowest BCUT2D eigenvalue weighted by molar-refractivity contribution is -0.133. The highest BCUT2D eigenvalue weighted by Crippen LogP contribution is 2.22. The fourth-order valence-corrected chi connectivity index (χ4v) is 3.54. The Balaban J connectivity index is 1.51. The van der Waals surface area contributed by atoms with Gasteiger partial charge in [0.25, 0.3) is 5.91 Å². The van der Waals surface area contributed by atoms with Gasteiger partial charge in [0.15, 0.2) is 0 Å². The predicted octanol–water partition coefficient (Wildman–Crippen LogP) is 3.94. The van der Waals surface area contributed by atoms with Gasteiger partial charge in [-0.15, -0.1) is 0 Å². The number of aromatic nitrogens is 2. The van der Waals surface area contributed by atoms with Crippen LogP contribution in [0.2, 0.25) is 5.02 Å². The Morgan fingerprint density at radius 2 is 1.89 bits per heavy atom. The highest BCUT2D eigenvalue weighted by atomic mass is 35.5. The largest absolute Gasteiger partial charge is 0.437 e. The van der Waals surface area contributed by atoms with E-state index in [1.54, 1.807) is 43.6 Å². The number of hydrogen-bond acceptors (Lipinski definition) is 7. The highest BCUT2D eigenvalue weighted by molar-refractivity contribution is 6.30. The van der Waals surface area contributed by atoms with E-state index < -0.39 is 6.04 Å². The molecule has 0 saturated carbocycles. The lowest BCUT2D eigenvalue weighted by Crippen LogP contribution is -2.56. The van der Waals surface area contributed by atoms with Crippen molar-refractivity contribution in [3.63, 3.8) is 0 Å². The molecule has 0 bridgehead atoms. The maximum Gasteiger partial charge on any atom is 0.254 e. The molecule has 1 aliphatic rings. The molecule has 1 aromatic heterocycles. The summed E-state index contributed by atoms with van der Waals surface area (Å²) in [5.74, 6) is 0.956. The van der Waals surface area contributed by atoms with Gasteiger partial charge in [0.1, 0.15) is 11.8 Å². The summed E-state index contributed by atoms with van der Waals surface area (Å²) in [5, 5.41) is 6.57. The number of halogens is 1. The van der Waals surface area contributed by atoms with Crippen molar-refractivity contribution >= 4 is 35.1 Å². The number of amides is 2. The molecule has 0 radical (unpaired) electrons. The van der Waals surface area contributed by atoms with Gasteiger partial charge < -0.3 is 15.4 Å². The van der Waals surface area contributed by atoms with Gasteiger partial charge in [-0.3, -0.25) is 19.5 Å². The van der Waals surface area contributed by atoms with Gasteiger partial charge in [-0.25, -0.2) is 9.98 Å². The molecule has 1 unspecified atom stereocenters. The number of aliphatic imine (C=N–C) groups is 1. The van der Waals surface area contributed by atoms with E-state index in [4.69, 9.17) is 16.3 Å². The van der Waals surface area contributed by atoms with Crippen molar-refractivity contribution in [3.05, 3.63) is 77.2 Å². The Labute approximate surface area is 208 Å². The van der Waals surface area contributed by atoms with Crippen LogP contribution >= 0.6 is 11.6 Å². The fourth-order valence-electron chi connectivity index (χ4n) is 3.42. The van der Waals surface area contributed by atoms with E-state index in [0.29, 0.717) is 29.0 Å².